The van der Waals surface area contributed by atoms with Crippen LogP contribution in [0.4, 0.5) is 0 Å². The number of ketones is 2. The Morgan fingerprint density at radius 3 is 1.57 bits per heavy atom. The van der Waals surface area contributed by atoms with Gasteiger partial charge in [0, 0.05) is 22.3 Å². The van der Waals surface area contributed by atoms with E-state index in [0.29, 0.717) is 28.9 Å². The van der Waals surface area contributed by atoms with Crippen molar-refractivity contribution in [2.45, 2.75) is 32.4 Å². The Kier molecular flexibility index (Phi) is 5.87. The van der Waals surface area contributed by atoms with E-state index in [1.807, 2.05) is 24.3 Å². The lowest BCUT2D eigenvalue weighted by Crippen LogP contribution is -2.66. The molecule has 1 aliphatic rings. The summed E-state index contributed by atoms with van der Waals surface area (Å²) in [6.45, 7) is 7.07. The van der Waals surface area contributed by atoms with E-state index < -0.39 is 8.32 Å². The average Bonchev–Trinajstić information content (AvgIpc) is 2.88. The molecule has 0 aliphatic heterocycles. The molecule has 0 heterocycles. The van der Waals surface area contributed by atoms with Gasteiger partial charge in [0.25, 0.3) is 8.32 Å². The molecular formula is C31H28O3Si. The van der Waals surface area contributed by atoms with Gasteiger partial charge < -0.3 is 4.43 Å². The molecule has 0 amide bonds. The van der Waals surface area contributed by atoms with Gasteiger partial charge in [-0.25, -0.2) is 0 Å². The number of rotatable bonds is 5. The summed E-state index contributed by atoms with van der Waals surface area (Å²) in [5, 5.41) is 2.27. The maximum absolute atomic E-state index is 13.2. The second kappa shape index (κ2) is 8.88. The first kappa shape index (κ1) is 23.2. The van der Waals surface area contributed by atoms with E-state index in [2.05, 4.69) is 69.3 Å². The van der Waals surface area contributed by atoms with E-state index in [-0.39, 0.29) is 16.6 Å². The highest BCUT2D eigenvalue weighted by Gasteiger charge is 2.50. The topological polar surface area (TPSA) is 43.4 Å². The highest BCUT2D eigenvalue weighted by atomic mass is 28.4. The van der Waals surface area contributed by atoms with Crippen LogP contribution in [0.5, 0.6) is 0 Å². The van der Waals surface area contributed by atoms with Gasteiger partial charge in [-0.1, -0.05) is 112 Å². The van der Waals surface area contributed by atoms with E-state index in [1.54, 1.807) is 30.3 Å². The molecule has 0 bridgehead atoms. The lowest BCUT2D eigenvalue weighted by Gasteiger charge is -2.43. The van der Waals surface area contributed by atoms with Crippen LogP contribution in [0.25, 0.3) is 0 Å². The Hall–Kier alpha value is -3.60. The number of hydrogen-bond donors (Lipinski definition) is 0. The summed E-state index contributed by atoms with van der Waals surface area (Å²) in [6, 6.07) is 33.5. The average molecular weight is 477 g/mol. The quantitative estimate of drug-likeness (QED) is 0.313. The van der Waals surface area contributed by atoms with Crippen molar-refractivity contribution < 1.29 is 14.0 Å². The number of fused-ring (bicyclic) bond motifs is 2. The van der Waals surface area contributed by atoms with Crippen molar-refractivity contribution in [2.75, 3.05) is 0 Å². The third-order valence-corrected chi connectivity index (χ3v) is 11.8. The first-order chi connectivity index (χ1) is 16.8. The van der Waals surface area contributed by atoms with Gasteiger partial charge in [-0.2, -0.15) is 0 Å². The number of carbonyl (C=O) groups is 2. The largest absolute Gasteiger partial charge is 0.403 e. The minimum Gasteiger partial charge on any atom is -0.403 e. The molecule has 0 spiro atoms. The van der Waals surface area contributed by atoms with Gasteiger partial charge in [-0.3, -0.25) is 9.59 Å². The zero-order chi connectivity index (χ0) is 24.6. The predicted molar refractivity (Wildman–Crippen MR) is 142 cm³/mol. The van der Waals surface area contributed by atoms with Crippen LogP contribution in [0.15, 0.2) is 103 Å². The summed E-state index contributed by atoms with van der Waals surface area (Å²) in [5.74, 6) is -0.211. The van der Waals surface area contributed by atoms with Crippen molar-refractivity contribution in [2.24, 2.45) is 0 Å². The van der Waals surface area contributed by atoms with Crippen LogP contribution < -0.4 is 10.4 Å². The Bertz CT molecular complexity index is 1360. The molecule has 5 rings (SSSR count). The van der Waals surface area contributed by atoms with Crippen LogP contribution in [-0.2, 0) is 11.0 Å². The minimum absolute atomic E-state index is 0.102. The van der Waals surface area contributed by atoms with Crippen LogP contribution in [-0.4, -0.2) is 19.9 Å². The molecule has 0 saturated carbocycles. The maximum atomic E-state index is 13.2. The van der Waals surface area contributed by atoms with E-state index in [0.717, 1.165) is 5.56 Å². The van der Waals surface area contributed by atoms with E-state index in [4.69, 9.17) is 4.43 Å². The van der Waals surface area contributed by atoms with Crippen LogP contribution >= 0.6 is 0 Å². The monoisotopic (exact) mass is 476 g/mol. The van der Waals surface area contributed by atoms with E-state index in [1.165, 1.54) is 10.4 Å². The zero-order valence-electron chi connectivity index (χ0n) is 20.2. The molecule has 0 unspecified atom stereocenters. The smallest absolute Gasteiger partial charge is 0.261 e. The van der Waals surface area contributed by atoms with E-state index in [9.17, 15) is 9.59 Å². The molecule has 4 heteroatoms. The summed E-state index contributed by atoms with van der Waals surface area (Å²) < 4.78 is 7.02. The standard InChI is InChI=1S/C31H28O3Si/c1-31(2,3)35(23-12-6-4-7-13-23,24-14-8-5-9-15-24)34-21-22-18-19-27-28(20-22)30(33)26-17-11-10-16-25(26)29(27)32/h4-20H,21H2,1-3H3. The number of carbonyl (C=O) groups excluding carboxylic acids is 2. The molecule has 3 nitrogen and oxygen atoms in total. The molecule has 4 aromatic rings. The van der Waals surface area contributed by atoms with Crippen molar-refractivity contribution in [3.05, 3.63) is 131 Å². The van der Waals surface area contributed by atoms with Crippen molar-refractivity contribution in [3.8, 4) is 0 Å². The molecular weight excluding hydrogens is 448 g/mol. The number of benzene rings is 4. The van der Waals surface area contributed by atoms with Gasteiger partial charge in [0.15, 0.2) is 11.6 Å². The first-order valence-electron chi connectivity index (χ1n) is 11.9. The fourth-order valence-electron chi connectivity index (χ4n) is 5.19. The second-order valence-electron chi connectivity index (χ2n) is 10.0. The van der Waals surface area contributed by atoms with Crippen molar-refractivity contribution in [1.29, 1.82) is 0 Å². The van der Waals surface area contributed by atoms with Gasteiger partial charge in [-0.15, -0.1) is 0 Å². The molecule has 0 saturated heterocycles. The zero-order valence-corrected chi connectivity index (χ0v) is 21.2. The van der Waals surface area contributed by atoms with Gasteiger partial charge in [-0.05, 0) is 33.1 Å². The molecule has 35 heavy (non-hydrogen) atoms. The summed E-state index contributed by atoms with van der Waals surface area (Å²) in [4.78, 5) is 26.2. The molecule has 0 atom stereocenters. The van der Waals surface area contributed by atoms with Crippen LogP contribution in [0, 0.1) is 0 Å². The normalized spacial score (nSPS) is 13.3. The third-order valence-electron chi connectivity index (χ3n) is 6.86. The molecule has 1 aliphatic carbocycles. The minimum atomic E-state index is -2.71. The summed E-state index contributed by atoms with van der Waals surface area (Å²) >= 11 is 0. The Balaban J connectivity index is 1.56. The van der Waals surface area contributed by atoms with Crippen LogP contribution in [0.1, 0.15) is 58.2 Å². The van der Waals surface area contributed by atoms with Gasteiger partial charge >= 0.3 is 0 Å². The fourth-order valence-corrected chi connectivity index (χ4v) is 9.73. The highest BCUT2D eigenvalue weighted by molar-refractivity contribution is 6.99. The van der Waals surface area contributed by atoms with Gasteiger partial charge in [0.05, 0.1) is 6.61 Å². The van der Waals surface area contributed by atoms with Crippen LogP contribution in [0.3, 0.4) is 0 Å². The van der Waals surface area contributed by atoms with Crippen LogP contribution in [0.2, 0.25) is 5.04 Å². The molecule has 0 fully saturated rings. The van der Waals surface area contributed by atoms with E-state index >= 15 is 0 Å². The summed E-state index contributed by atoms with van der Waals surface area (Å²) in [7, 11) is -2.71. The molecule has 0 aromatic heterocycles. The lowest BCUT2D eigenvalue weighted by molar-refractivity contribution is 0.0979. The Morgan fingerprint density at radius 2 is 1.06 bits per heavy atom. The SMILES string of the molecule is CC(C)(C)[Si](OCc1ccc2c(c1)C(=O)c1ccccc1C2=O)(c1ccccc1)c1ccccc1. The first-order valence-corrected chi connectivity index (χ1v) is 13.8. The Labute approximate surface area is 207 Å². The molecule has 4 aromatic carbocycles. The molecule has 0 radical (unpaired) electrons. The molecule has 174 valence electrons. The summed E-state index contributed by atoms with van der Waals surface area (Å²) in [6.07, 6.45) is 0. The highest BCUT2D eigenvalue weighted by Crippen LogP contribution is 2.37. The lowest BCUT2D eigenvalue weighted by atomic mass is 9.83. The fraction of sp³-hybridized carbons (Fsp3) is 0.161. The Morgan fingerprint density at radius 1 is 0.600 bits per heavy atom. The predicted octanol–water partition coefficient (Wildman–Crippen LogP) is 5.54. The van der Waals surface area contributed by atoms with Crippen molar-refractivity contribution >= 4 is 30.3 Å². The van der Waals surface area contributed by atoms with Gasteiger partial charge in [0.1, 0.15) is 0 Å². The number of hydrogen-bond acceptors (Lipinski definition) is 3. The summed E-state index contributed by atoms with van der Waals surface area (Å²) in [5.41, 5.74) is 2.74. The van der Waals surface area contributed by atoms with Crippen molar-refractivity contribution in [3.63, 3.8) is 0 Å². The third kappa shape index (κ3) is 3.89. The maximum Gasteiger partial charge on any atom is 0.261 e. The second-order valence-corrected chi connectivity index (χ2v) is 14.3. The van der Waals surface area contributed by atoms with Crippen molar-refractivity contribution in [1.82, 2.24) is 0 Å². The molecule has 0 N–H and O–H groups in total. The van der Waals surface area contributed by atoms with Gasteiger partial charge in [0.2, 0.25) is 0 Å².